The van der Waals surface area contributed by atoms with Crippen LogP contribution in [0, 0.1) is 0 Å². The van der Waals surface area contributed by atoms with Crippen molar-refractivity contribution < 1.29 is 4.74 Å². The molecular weight excluding hydrogens is 346 g/mol. The first kappa shape index (κ1) is 18.6. The van der Waals surface area contributed by atoms with Crippen LogP contribution in [0.2, 0.25) is 0 Å². The summed E-state index contributed by atoms with van der Waals surface area (Å²) in [5.41, 5.74) is 4.80. The maximum atomic E-state index is 5.23. The predicted molar refractivity (Wildman–Crippen MR) is 111 cm³/mol. The smallest absolute Gasteiger partial charge is 0.118 e. The summed E-state index contributed by atoms with van der Waals surface area (Å²) in [5, 5.41) is 0. The van der Waals surface area contributed by atoms with Crippen LogP contribution >= 0.6 is 0 Å². The molecule has 0 saturated carbocycles. The number of methoxy groups -OCH3 is 1. The molecule has 0 bridgehead atoms. The van der Waals surface area contributed by atoms with Crippen molar-refractivity contribution in [3.8, 4) is 5.75 Å². The highest BCUT2D eigenvalue weighted by atomic mass is 16.5. The Morgan fingerprint density at radius 1 is 0.964 bits per heavy atom. The number of likely N-dealkylation sites (tertiary alicyclic amines) is 1. The highest BCUT2D eigenvalue weighted by Crippen LogP contribution is 2.31. The number of rotatable bonds is 6. The van der Waals surface area contributed by atoms with E-state index in [2.05, 4.69) is 52.5 Å². The second kappa shape index (κ2) is 8.98. The summed E-state index contributed by atoms with van der Waals surface area (Å²) in [7, 11) is 1.69. The van der Waals surface area contributed by atoms with Crippen molar-refractivity contribution in [3.63, 3.8) is 0 Å². The Labute approximate surface area is 167 Å². The van der Waals surface area contributed by atoms with Gasteiger partial charge >= 0.3 is 0 Å². The molecule has 4 nitrogen and oxygen atoms in total. The number of piperidine rings is 1. The molecule has 2 aromatic heterocycles. The van der Waals surface area contributed by atoms with Crippen molar-refractivity contribution in [1.82, 2.24) is 14.9 Å². The second-order valence-electron chi connectivity index (χ2n) is 7.41. The normalized spacial score (nSPS) is 17.4. The maximum absolute atomic E-state index is 5.23. The molecule has 0 aliphatic carbocycles. The molecular formula is C24H27N3O. The Kier molecular flexibility index (Phi) is 5.98. The molecule has 1 fully saturated rings. The van der Waals surface area contributed by atoms with E-state index in [0.717, 1.165) is 36.6 Å². The van der Waals surface area contributed by atoms with Gasteiger partial charge in [-0.1, -0.05) is 30.7 Å². The Hall–Kier alpha value is -2.72. The van der Waals surface area contributed by atoms with E-state index in [4.69, 9.17) is 9.72 Å². The highest BCUT2D eigenvalue weighted by Gasteiger charge is 2.24. The lowest BCUT2D eigenvalue weighted by Gasteiger charge is -2.35. The lowest BCUT2D eigenvalue weighted by molar-refractivity contribution is 0.138. The van der Waals surface area contributed by atoms with E-state index in [1.165, 1.54) is 30.4 Å². The largest absolute Gasteiger partial charge is 0.497 e. The molecule has 1 aliphatic rings. The van der Waals surface area contributed by atoms with Gasteiger partial charge in [0.25, 0.3) is 0 Å². The third kappa shape index (κ3) is 4.57. The molecule has 0 spiro atoms. The predicted octanol–water partition coefficient (Wildman–Crippen LogP) is 4.80. The number of aromatic nitrogens is 2. The van der Waals surface area contributed by atoms with Gasteiger partial charge in [-0.2, -0.15) is 0 Å². The van der Waals surface area contributed by atoms with Crippen molar-refractivity contribution in [2.75, 3.05) is 13.7 Å². The van der Waals surface area contributed by atoms with E-state index in [0.29, 0.717) is 6.04 Å². The zero-order chi connectivity index (χ0) is 19.2. The first-order valence-corrected chi connectivity index (χ1v) is 10.0. The Morgan fingerprint density at radius 2 is 1.86 bits per heavy atom. The molecule has 1 aliphatic heterocycles. The summed E-state index contributed by atoms with van der Waals surface area (Å²) < 4.78 is 5.23. The lowest BCUT2D eigenvalue weighted by Crippen LogP contribution is -2.33. The average molecular weight is 373 g/mol. The first-order chi connectivity index (χ1) is 13.8. The van der Waals surface area contributed by atoms with E-state index >= 15 is 0 Å². The molecule has 4 rings (SSSR count). The van der Waals surface area contributed by atoms with Gasteiger partial charge in [-0.05, 0) is 60.8 Å². The van der Waals surface area contributed by atoms with Crippen LogP contribution < -0.4 is 4.74 Å². The van der Waals surface area contributed by atoms with Crippen molar-refractivity contribution >= 4 is 0 Å². The van der Waals surface area contributed by atoms with E-state index in [9.17, 15) is 0 Å². The van der Waals surface area contributed by atoms with Gasteiger partial charge in [-0.3, -0.25) is 14.9 Å². The molecule has 4 heteroatoms. The monoisotopic (exact) mass is 373 g/mol. The van der Waals surface area contributed by atoms with Crippen LogP contribution in [-0.4, -0.2) is 28.5 Å². The molecule has 28 heavy (non-hydrogen) atoms. The van der Waals surface area contributed by atoms with Gasteiger partial charge in [0.05, 0.1) is 12.8 Å². The van der Waals surface area contributed by atoms with E-state index in [-0.39, 0.29) is 0 Å². The number of hydrogen-bond donors (Lipinski definition) is 0. The Balaban J connectivity index is 1.45. The minimum Gasteiger partial charge on any atom is -0.497 e. The summed E-state index contributed by atoms with van der Waals surface area (Å²) >= 11 is 0. The zero-order valence-corrected chi connectivity index (χ0v) is 16.4. The fourth-order valence-corrected chi connectivity index (χ4v) is 3.95. The van der Waals surface area contributed by atoms with Crippen LogP contribution in [0.3, 0.4) is 0 Å². The van der Waals surface area contributed by atoms with Crippen molar-refractivity contribution in [1.29, 1.82) is 0 Å². The third-order valence-electron chi connectivity index (χ3n) is 5.48. The quantitative estimate of drug-likeness (QED) is 0.622. The van der Waals surface area contributed by atoms with Gasteiger partial charge in [0.15, 0.2) is 0 Å². The molecule has 1 unspecified atom stereocenters. The minimum absolute atomic E-state index is 0.429. The highest BCUT2D eigenvalue weighted by molar-refractivity contribution is 5.30. The van der Waals surface area contributed by atoms with E-state index < -0.39 is 0 Å². The fourth-order valence-electron chi connectivity index (χ4n) is 3.95. The number of pyridine rings is 2. The van der Waals surface area contributed by atoms with Crippen molar-refractivity contribution in [2.45, 2.75) is 38.3 Å². The molecule has 1 atom stereocenters. The molecule has 1 saturated heterocycles. The molecule has 3 heterocycles. The Bertz CT molecular complexity index is 863. The van der Waals surface area contributed by atoms with Crippen LogP contribution in [0.1, 0.15) is 47.8 Å². The minimum atomic E-state index is 0.429. The molecule has 144 valence electrons. The van der Waals surface area contributed by atoms with E-state index in [1.807, 2.05) is 24.4 Å². The lowest BCUT2D eigenvalue weighted by atomic mass is 9.95. The topological polar surface area (TPSA) is 38.2 Å². The molecule has 0 radical (unpaired) electrons. The van der Waals surface area contributed by atoms with Crippen LogP contribution in [0.15, 0.2) is 67.0 Å². The average Bonchev–Trinajstić information content (AvgIpc) is 2.76. The van der Waals surface area contributed by atoms with Crippen LogP contribution in [0.25, 0.3) is 0 Å². The maximum Gasteiger partial charge on any atom is 0.118 e. The van der Waals surface area contributed by atoms with Gasteiger partial charge in [0.1, 0.15) is 5.75 Å². The van der Waals surface area contributed by atoms with Crippen LogP contribution in [0.4, 0.5) is 0 Å². The number of nitrogens with zero attached hydrogens (tertiary/aromatic N) is 3. The van der Waals surface area contributed by atoms with Gasteiger partial charge in [0, 0.05) is 37.1 Å². The van der Waals surface area contributed by atoms with Gasteiger partial charge in [0.2, 0.25) is 0 Å². The SMILES string of the molecule is COc1ccc(Cc2ccc(C3CCCCN3Cc3ccccn3)cn2)cc1. The zero-order valence-electron chi connectivity index (χ0n) is 16.4. The summed E-state index contributed by atoms with van der Waals surface area (Å²) in [6.45, 7) is 2.02. The number of hydrogen-bond acceptors (Lipinski definition) is 4. The molecule has 3 aromatic rings. The summed E-state index contributed by atoms with van der Waals surface area (Å²) in [5.74, 6) is 0.886. The first-order valence-electron chi connectivity index (χ1n) is 10.0. The van der Waals surface area contributed by atoms with Crippen molar-refractivity contribution in [2.24, 2.45) is 0 Å². The van der Waals surface area contributed by atoms with Gasteiger partial charge in [-0.15, -0.1) is 0 Å². The van der Waals surface area contributed by atoms with E-state index in [1.54, 1.807) is 7.11 Å². The van der Waals surface area contributed by atoms with Gasteiger partial charge < -0.3 is 4.74 Å². The summed E-state index contributed by atoms with van der Waals surface area (Å²) in [4.78, 5) is 11.8. The number of ether oxygens (including phenoxy) is 1. The number of benzene rings is 1. The fraction of sp³-hybridized carbons (Fsp3) is 0.333. The molecule has 0 amide bonds. The van der Waals surface area contributed by atoms with Crippen LogP contribution in [-0.2, 0) is 13.0 Å². The van der Waals surface area contributed by atoms with Gasteiger partial charge in [-0.25, -0.2) is 0 Å². The summed E-state index contributed by atoms with van der Waals surface area (Å²) in [6, 6.07) is 19.2. The summed E-state index contributed by atoms with van der Waals surface area (Å²) in [6.07, 6.45) is 8.51. The molecule has 1 aromatic carbocycles. The van der Waals surface area contributed by atoms with Crippen LogP contribution in [0.5, 0.6) is 5.75 Å². The van der Waals surface area contributed by atoms with Crippen molar-refractivity contribution in [3.05, 3.63) is 89.5 Å². The standard InChI is InChI=1S/C24H27N3O/c1-28-23-12-8-19(9-13-23)16-21-11-10-20(17-26-21)24-7-3-5-15-27(24)18-22-6-2-4-14-25-22/h2,4,6,8-14,17,24H,3,5,7,15-16,18H2,1H3. The second-order valence-corrected chi connectivity index (χ2v) is 7.41. The molecule has 0 N–H and O–H groups in total. The third-order valence-corrected chi connectivity index (χ3v) is 5.48. The Morgan fingerprint density at radius 3 is 2.57 bits per heavy atom.